The lowest BCUT2D eigenvalue weighted by molar-refractivity contribution is -0.150. The standard InChI is InChI=1S/C22H23N3O4/c1-29-22(28)18-11-17-13-24(19(26)10-15-6-5-9-23-12-15)14-20(27)25(17)21(18)16-7-3-2-4-8-16/h2-9,12,17-18,21H,10-11,13-14H2,1H3/t17-,18-,21-/m0/s1. The minimum absolute atomic E-state index is 0.0207. The quantitative estimate of drug-likeness (QED) is 0.737. The monoisotopic (exact) mass is 393 g/mol. The average Bonchev–Trinajstić information content (AvgIpc) is 3.14. The molecule has 7 nitrogen and oxygen atoms in total. The van der Waals surface area contributed by atoms with Crippen LogP contribution in [0.4, 0.5) is 0 Å². The zero-order chi connectivity index (χ0) is 20.4. The number of nitrogens with zero attached hydrogens (tertiary/aromatic N) is 3. The first kappa shape index (κ1) is 19.1. The largest absolute Gasteiger partial charge is 0.469 e. The van der Waals surface area contributed by atoms with Crippen molar-refractivity contribution in [2.24, 2.45) is 5.92 Å². The molecule has 4 rings (SSSR count). The van der Waals surface area contributed by atoms with Crippen LogP contribution in [0.5, 0.6) is 0 Å². The number of hydrogen-bond acceptors (Lipinski definition) is 5. The van der Waals surface area contributed by atoms with Gasteiger partial charge < -0.3 is 14.5 Å². The van der Waals surface area contributed by atoms with Gasteiger partial charge in [-0.25, -0.2) is 0 Å². The second kappa shape index (κ2) is 8.03. The summed E-state index contributed by atoms with van der Waals surface area (Å²) in [5.41, 5.74) is 1.72. The van der Waals surface area contributed by atoms with Crippen molar-refractivity contribution in [2.75, 3.05) is 20.2 Å². The smallest absolute Gasteiger partial charge is 0.311 e. The van der Waals surface area contributed by atoms with Gasteiger partial charge in [-0.15, -0.1) is 0 Å². The number of esters is 1. The van der Waals surface area contributed by atoms with Crippen molar-refractivity contribution in [2.45, 2.75) is 24.9 Å². The molecule has 2 saturated heterocycles. The fourth-order valence-electron chi connectivity index (χ4n) is 4.44. The Kier molecular flexibility index (Phi) is 5.29. The van der Waals surface area contributed by atoms with E-state index < -0.39 is 5.92 Å². The third-order valence-corrected chi connectivity index (χ3v) is 5.72. The first-order valence-electron chi connectivity index (χ1n) is 9.69. The van der Waals surface area contributed by atoms with Crippen LogP contribution < -0.4 is 0 Å². The van der Waals surface area contributed by atoms with Gasteiger partial charge in [0.05, 0.1) is 38.1 Å². The van der Waals surface area contributed by atoms with Crippen LogP contribution in [0.1, 0.15) is 23.6 Å². The van der Waals surface area contributed by atoms with Crippen LogP contribution in [0, 0.1) is 5.92 Å². The predicted octanol–water partition coefficient (Wildman–Crippen LogP) is 1.60. The number of methoxy groups -OCH3 is 1. The van der Waals surface area contributed by atoms with Gasteiger partial charge in [-0.2, -0.15) is 0 Å². The Morgan fingerprint density at radius 2 is 1.97 bits per heavy atom. The first-order chi connectivity index (χ1) is 14.1. The highest BCUT2D eigenvalue weighted by atomic mass is 16.5. The third-order valence-electron chi connectivity index (χ3n) is 5.72. The van der Waals surface area contributed by atoms with Crippen molar-refractivity contribution < 1.29 is 19.1 Å². The number of fused-ring (bicyclic) bond motifs is 1. The van der Waals surface area contributed by atoms with Gasteiger partial charge in [-0.1, -0.05) is 36.4 Å². The summed E-state index contributed by atoms with van der Waals surface area (Å²) in [6, 6.07) is 12.6. The lowest BCUT2D eigenvalue weighted by Crippen LogP contribution is -2.56. The van der Waals surface area contributed by atoms with Gasteiger partial charge in [0.25, 0.3) is 0 Å². The predicted molar refractivity (Wildman–Crippen MR) is 104 cm³/mol. The number of ether oxygens (including phenoxy) is 1. The SMILES string of the molecule is COC(=O)[C@H]1C[C@H]2CN(C(=O)Cc3cccnc3)CC(=O)N2[C@H]1c1ccccc1. The number of piperazine rings is 1. The number of rotatable bonds is 4. The second-order valence-electron chi connectivity index (χ2n) is 7.49. The number of benzene rings is 1. The van der Waals surface area contributed by atoms with Crippen LogP contribution in [0.25, 0.3) is 0 Å². The third kappa shape index (κ3) is 3.72. The van der Waals surface area contributed by atoms with E-state index in [9.17, 15) is 14.4 Å². The van der Waals surface area contributed by atoms with Gasteiger partial charge in [0.15, 0.2) is 0 Å². The zero-order valence-electron chi connectivity index (χ0n) is 16.2. The molecule has 29 heavy (non-hydrogen) atoms. The van der Waals surface area contributed by atoms with Gasteiger partial charge in [0.1, 0.15) is 0 Å². The molecular formula is C22H23N3O4. The topological polar surface area (TPSA) is 79.8 Å². The second-order valence-corrected chi connectivity index (χ2v) is 7.49. The first-order valence-corrected chi connectivity index (χ1v) is 9.69. The Bertz CT molecular complexity index is 903. The van der Waals surface area contributed by atoms with E-state index in [1.165, 1.54) is 7.11 Å². The molecule has 0 radical (unpaired) electrons. The number of pyridine rings is 1. The van der Waals surface area contributed by atoms with Crippen molar-refractivity contribution in [3.63, 3.8) is 0 Å². The summed E-state index contributed by atoms with van der Waals surface area (Å²) in [7, 11) is 1.37. The lowest BCUT2D eigenvalue weighted by Gasteiger charge is -2.40. The maximum atomic E-state index is 13.1. The van der Waals surface area contributed by atoms with E-state index in [4.69, 9.17) is 4.74 Å². The minimum Gasteiger partial charge on any atom is -0.469 e. The molecule has 0 saturated carbocycles. The Balaban J connectivity index is 1.56. The summed E-state index contributed by atoms with van der Waals surface area (Å²) in [4.78, 5) is 45.7. The average molecular weight is 393 g/mol. The molecule has 3 atom stereocenters. The van der Waals surface area contributed by atoms with Crippen LogP contribution in [-0.4, -0.2) is 58.8 Å². The summed E-state index contributed by atoms with van der Waals surface area (Å²) in [6.07, 6.45) is 4.00. The van der Waals surface area contributed by atoms with Gasteiger partial charge in [0, 0.05) is 18.9 Å². The molecular weight excluding hydrogens is 370 g/mol. The molecule has 0 aliphatic carbocycles. The number of carbonyl (C=O) groups is 3. The Labute approximate surface area is 169 Å². The number of carbonyl (C=O) groups excluding carboxylic acids is 3. The van der Waals surface area contributed by atoms with Crippen molar-refractivity contribution in [3.8, 4) is 0 Å². The van der Waals surface area contributed by atoms with Crippen LogP contribution in [0.3, 0.4) is 0 Å². The van der Waals surface area contributed by atoms with Gasteiger partial charge in [-0.05, 0) is 23.6 Å². The summed E-state index contributed by atoms with van der Waals surface area (Å²) in [6.45, 7) is 0.439. The van der Waals surface area contributed by atoms with Crippen molar-refractivity contribution in [1.82, 2.24) is 14.8 Å². The van der Waals surface area contributed by atoms with E-state index in [1.54, 1.807) is 28.3 Å². The van der Waals surface area contributed by atoms with Gasteiger partial charge in [0.2, 0.25) is 11.8 Å². The van der Waals surface area contributed by atoms with Crippen molar-refractivity contribution in [1.29, 1.82) is 0 Å². The highest BCUT2D eigenvalue weighted by Gasteiger charge is 2.51. The van der Waals surface area contributed by atoms with Gasteiger partial charge >= 0.3 is 5.97 Å². The highest BCUT2D eigenvalue weighted by Crippen LogP contribution is 2.43. The molecule has 2 aliphatic heterocycles. The van der Waals surface area contributed by atoms with E-state index in [-0.39, 0.29) is 42.8 Å². The molecule has 3 heterocycles. The molecule has 2 aromatic rings. The summed E-state index contributed by atoms with van der Waals surface area (Å²) < 4.78 is 5.02. The summed E-state index contributed by atoms with van der Waals surface area (Å²) in [5, 5.41) is 0. The normalized spacial score (nSPS) is 23.6. The van der Waals surface area contributed by atoms with Crippen LogP contribution in [0.2, 0.25) is 0 Å². The Morgan fingerprint density at radius 3 is 2.66 bits per heavy atom. The van der Waals surface area contributed by atoms with Crippen LogP contribution in [0.15, 0.2) is 54.9 Å². The lowest BCUT2D eigenvalue weighted by atomic mass is 9.93. The van der Waals surface area contributed by atoms with Crippen LogP contribution in [-0.2, 0) is 25.5 Å². The van der Waals surface area contributed by atoms with E-state index in [0.29, 0.717) is 13.0 Å². The summed E-state index contributed by atoms with van der Waals surface area (Å²) in [5.74, 6) is -1.01. The molecule has 1 aromatic carbocycles. The maximum Gasteiger partial charge on any atom is 0.311 e. The minimum atomic E-state index is -0.440. The number of hydrogen-bond donors (Lipinski definition) is 0. The Hall–Kier alpha value is -3.22. The molecule has 2 amide bonds. The van der Waals surface area contributed by atoms with Gasteiger partial charge in [-0.3, -0.25) is 19.4 Å². The molecule has 2 fully saturated rings. The Morgan fingerprint density at radius 1 is 1.17 bits per heavy atom. The fourth-order valence-corrected chi connectivity index (χ4v) is 4.44. The van der Waals surface area contributed by atoms with E-state index >= 15 is 0 Å². The van der Waals surface area contributed by atoms with E-state index in [0.717, 1.165) is 11.1 Å². The molecule has 0 N–H and O–H groups in total. The van der Waals surface area contributed by atoms with Crippen LogP contribution >= 0.6 is 0 Å². The summed E-state index contributed by atoms with van der Waals surface area (Å²) >= 11 is 0. The molecule has 7 heteroatoms. The molecule has 0 unspecified atom stereocenters. The maximum absolute atomic E-state index is 13.1. The van der Waals surface area contributed by atoms with E-state index in [1.807, 2.05) is 36.4 Å². The van der Waals surface area contributed by atoms with E-state index in [2.05, 4.69) is 4.98 Å². The molecule has 150 valence electrons. The zero-order valence-corrected chi connectivity index (χ0v) is 16.2. The molecule has 1 aromatic heterocycles. The molecule has 0 bridgehead atoms. The number of amides is 2. The van der Waals surface area contributed by atoms with Crippen molar-refractivity contribution in [3.05, 3.63) is 66.0 Å². The van der Waals surface area contributed by atoms with Crippen molar-refractivity contribution >= 4 is 17.8 Å². The molecule has 2 aliphatic rings. The fraction of sp³-hybridized carbons (Fsp3) is 0.364. The number of aromatic nitrogens is 1. The highest BCUT2D eigenvalue weighted by molar-refractivity contribution is 5.88. The molecule has 0 spiro atoms.